The molecule has 0 aliphatic heterocycles. The number of tetrazole rings is 1. The van der Waals surface area contributed by atoms with Gasteiger partial charge >= 0.3 is 6.01 Å². The Bertz CT molecular complexity index is 1030. The Morgan fingerprint density at radius 2 is 1.80 bits per heavy atom. The van der Waals surface area contributed by atoms with E-state index in [0.717, 1.165) is 11.3 Å². The van der Waals surface area contributed by atoms with E-state index in [-0.39, 0.29) is 12.4 Å². The lowest BCUT2D eigenvalue weighted by atomic mass is 10.2. The number of aromatic nitrogens is 5. The molecule has 30 heavy (non-hydrogen) atoms. The first kappa shape index (κ1) is 21.2. The number of hydrogen-bond acceptors (Lipinski definition) is 7. The Balaban J connectivity index is 0.00000256. The van der Waals surface area contributed by atoms with Gasteiger partial charge in [0.15, 0.2) is 0 Å². The molecule has 2 heterocycles. The van der Waals surface area contributed by atoms with Crippen LogP contribution in [0.2, 0.25) is 0 Å². The first-order chi connectivity index (χ1) is 14.4. The molecule has 0 unspecified atom stereocenters. The van der Waals surface area contributed by atoms with Crippen molar-refractivity contribution >= 4 is 12.4 Å². The summed E-state index contributed by atoms with van der Waals surface area (Å²) in [6.45, 7) is 1.93. The molecule has 0 radical (unpaired) electrons. The molecule has 0 saturated carbocycles. The van der Waals surface area contributed by atoms with Gasteiger partial charge in [0.1, 0.15) is 12.4 Å². The van der Waals surface area contributed by atoms with Gasteiger partial charge in [0.25, 0.3) is 0 Å². The van der Waals surface area contributed by atoms with E-state index in [1.807, 2.05) is 72.8 Å². The van der Waals surface area contributed by atoms with Gasteiger partial charge in [-0.05, 0) is 46.3 Å². The normalized spacial score (nSPS) is 10.3. The van der Waals surface area contributed by atoms with Crippen molar-refractivity contribution in [3.63, 3.8) is 0 Å². The van der Waals surface area contributed by atoms with Crippen LogP contribution >= 0.6 is 12.4 Å². The van der Waals surface area contributed by atoms with E-state index in [1.165, 1.54) is 0 Å². The fraction of sp³-hybridized carbons (Fsp3) is 0.143. The molecule has 0 amide bonds. The topological polar surface area (TPSA) is 87.0 Å². The molecule has 4 rings (SSSR count). The monoisotopic (exact) mass is 424 g/mol. The standard InChI is InChI=1S/C21H20N6O2.ClH/c1-2-8-18(9-3-1)27-21(24-25-26-27)29-19-10-6-7-17(15-19)16-22-13-14-28-20-11-4-5-12-23-20;/h1-12,15,22H,13-14,16H2;1H. The summed E-state index contributed by atoms with van der Waals surface area (Å²) in [4.78, 5) is 4.13. The van der Waals surface area contributed by atoms with Crippen LogP contribution in [0.15, 0.2) is 79.0 Å². The van der Waals surface area contributed by atoms with Gasteiger partial charge in [-0.2, -0.15) is 4.68 Å². The minimum absolute atomic E-state index is 0. The lowest BCUT2D eigenvalue weighted by Crippen LogP contribution is -2.20. The first-order valence-corrected chi connectivity index (χ1v) is 9.24. The lowest BCUT2D eigenvalue weighted by Gasteiger charge is -2.09. The predicted molar refractivity (Wildman–Crippen MR) is 114 cm³/mol. The third kappa shape index (κ3) is 5.76. The zero-order chi connectivity index (χ0) is 19.7. The maximum absolute atomic E-state index is 5.90. The molecule has 0 spiro atoms. The van der Waals surface area contributed by atoms with Crippen molar-refractivity contribution in [3.8, 4) is 23.3 Å². The maximum Gasteiger partial charge on any atom is 0.345 e. The fourth-order valence-corrected chi connectivity index (χ4v) is 2.69. The molecule has 154 valence electrons. The summed E-state index contributed by atoms with van der Waals surface area (Å²) < 4.78 is 13.0. The number of rotatable bonds is 9. The first-order valence-electron chi connectivity index (χ1n) is 9.24. The molecule has 0 fully saturated rings. The second-order valence-electron chi connectivity index (χ2n) is 6.15. The summed E-state index contributed by atoms with van der Waals surface area (Å²) in [7, 11) is 0. The van der Waals surface area contributed by atoms with Gasteiger partial charge < -0.3 is 14.8 Å². The molecule has 0 aliphatic rings. The van der Waals surface area contributed by atoms with E-state index in [2.05, 4.69) is 25.8 Å². The van der Waals surface area contributed by atoms with Gasteiger partial charge in [-0.25, -0.2) is 4.98 Å². The SMILES string of the molecule is Cl.c1ccc(-n2nnnc2Oc2cccc(CNCCOc3ccccn3)c2)cc1. The minimum atomic E-state index is 0. The maximum atomic E-state index is 5.90. The molecule has 4 aromatic rings. The van der Waals surface area contributed by atoms with Gasteiger partial charge in [-0.15, -0.1) is 12.4 Å². The molecular weight excluding hydrogens is 404 g/mol. The van der Waals surface area contributed by atoms with Crippen molar-refractivity contribution < 1.29 is 9.47 Å². The molecule has 2 aromatic carbocycles. The molecule has 0 bridgehead atoms. The van der Waals surface area contributed by atoms with Crippen LogP contribution in [0, 0.1) is 0 Å². The van der Waals surface area contributed by atoms with Gasteiger partial charge in [-0.1, -0.05) is 41.5 Å². The summed E-state index contributed by atoms with van der Waals surface area (Å²) in [6, 6.07) is 23.3. The van der Waals surface area contributed by atoms with Gasteiger partial charge in [0, 0.05) is 25.4 Å². The van der Waals surface area contributed by atoms with E-state index >= 15 is 0 Å². The van der Waals surface area contributed by atoms with Crippen LogP contribution < -0.4 is 14.8 Å². The van der Waals surface area contributed by atoms with Gasteiger partial charge in [-0.3, -0.25) is 0 Å². The van der Waals surface area contributed by atoms with Crippen LogP contribution in [0.3, 0.4) is 0 Å². The number of ether oxygens (including phenoxy) is 2. The lowest BCUT2D eigenvalue weighted by molar-refractivity contribution is 0.302. The number of pyridine rings is 1. The summed E-state index contributed by atoms with van der Waals surface area (Å²) in [5.41, 5.74) is 1.91. The van der Waals surface area contributed by atoms with E-state index in [9.17, 15) is 0 Å². The summed E-state index contributed by atoms with van der Waals surface area (Å²) in [5.74, 6) is 1.29. The van der Waals surface area contributed by atoms with Crippen molar-refractivity contribution in [1.29, 1.82) is 0 Å². The van der Waals surface area contributed by atoms with Gasteiger partial charge in [0.05, 0.1) is 5.69 Å². The Kier molecular flexibility index (Phi) is 7.71. The van der Waals surface area contributed by atoms with Crippen molar-refractivity contribution in [1.82, 2.24) is 30.5 Å². The van der Waals surface area contributed by atoms with Gasteiger partial charge in [0.2, 0.25) is 5.88 Å². The van der Waals surface area contributed by atoms with Crippen LogP contribution in [0.4, 0.5) is 0 Å². The summed E-state index contributed by atoms with van der Waals surface area (Å²) in [5, 5.41) is 15.0. The van der Waals surface area contributed by atoms with Crippen molar-refractivity contribution in [2.24, 2.45) is 0 Å². The third-order valence-corrected chi connectivity index (χ3v) is 4.04. The van der Waals surface area contributed by atoms with Crippen LogP contribution in [-0.2, 0) is 6.54 Å². The molecular formula is C21H21ClN6O2. The highest BCUT2D eigenvalue weighted by Crippen LogP contribution is 2.22. The Morgan fingerprint density at radius 1 is 0.933 bits per heavy atom. The number of nitrogens with one attached hydrogen (secondary N) is 1. The average Bonchev–Trinajstić information content (AvgIpc) is 3.23. The largest absolute Gasteiger partial charge is 0.476 e. The highest BCUT2D eigenvalue weighted by Gasteiger charge is 2.10. The number of para-hydroxylation sites is 1. The van der Waals surface area contributed by atoms with Crippen molar-refractivity contribution in [3.05, 3.63) is 84.6 Å². The fourth-order valence-electron chi connectivity index (χ4n) is 2.69. The molecule has 8 nitrogen and oxygen atoms in total. The zero-order valence-electron chi connectivity index (χ0n) is 16.1. The number of halogens is 1. The van der Waals surface area contributed by atoms with Crippen LogP contribution in [-0.4, -0.2) is 38.3 Å². The Hall–Kier alpha value is -3.49. The van der Waals surface area contributed by atoms with Crippen molar-refractivity contribution in [2.75, 3.05) is 13.2 Å². The third-order valence-electron chi connectivity index (χ3n) is 4.04. The molecule has 9 heteroatoms. The Morgan fingerprint density at radius 3 is 2.63 bits per heavy atom. The van der Waals surface area contributed by atoms with E-state index in [4.69, 9.17) is 9.47 Å². The molecule has 0 atom stereocenters. The zero-order valence-corrected chi connectivity index (χ0v) is 16.9. The summed E-state index contributed by atoms with van der Waals surface area (Å²) in [6.07, 6.45) is 1.71. The van der Waals surface area contributed by atoms with Crippen molar-refractivity contribution in [2.45, 2.75) is 6.54 Å². The van der Waals surface area contributed by atoms with Crippen LogP contribution in [0.25, 0.3) is 5.69 Å². The van der Waals surface area contributed by atoms with E-state index in [1.54, 1.807) is 10.9 Å². The second-order valence-corrected chi connectivity index (χ2v) is 6.15. The van der Waals surface area contributed by atoms with Crippen LogP contribution in [0.1, 0.15) is 5.56 Å². The Labute approximate surface area is 180 Å². The highest BCUT2D eigenvalue weighted by atomic mass is 35.5. The predicted octanol–water partition coefficient (Wildman–Crippen LogP) is 3.44. The average molecular weight is 425 g/mol. The van der Waals surface area contributed by atoms with E-state index < -0.39 is 0 Å². The summed E-state index contributed by atoms with van der Waals surface area (Å²) >= 11 is 0. The smallest absolute Gasteiger partial charge is 0.345 e. The number of nitrogens with zero attached hydrogens (tertiary/aromatic N) is 5. The molecule has 2 aromatic heterocycles. The quantitative estimate of drug-likeness (QED) is 0.412. The van der Waals surface area contributed by atoms with E-state index in [0.29, 0.717) is 37.3 Å². The second kappa shape index (κ2) is 10.9. The number of hydrogen-bond donors (Lipinski definition) is 1. The van der Waals surface area contributed by atoms with Crippen LogP contribution in [0.5, 0.6) is 17.6 Å². The molecule has 1 N–H and O–H groups in total. The highest BCUT2D eigenvalue weighted by molar-refractivity contribution is 5.85. The number of benzene rings is 2. The molecule has 0 saturated heterocycles. The minimum Gasteiger partial charge on any atom is -0.476 e. The molecule has 0 aliphatic carbocycles.